The molecule has 12 nitrogen and oxygen atoms in total. The SMILES string of the molecule is c1ccc(N2B3N(B4N(B5N3c3nccnc3N5c3ccccc3)c3nccnc3N4c3ccccc3)c3nccnc32)cc1. The van der Waals surface area contributed by atoms with E-state index in [4.69, 9.17) is 29.9 Å². The van der Waals surface area contributed by atoms with Gasteiger partial charge in [0.25, 0.3) is 0 Å². The lowest BCUT2D eigenvalue weighted by molar-refractivity contribution is 1.17. The third-order valence-corrected chi connectivity index (χ3v) is 8.69. The maximum atomic E-state index is 4.97. The third-order valence-electron chi connectivity index (χ3n) is 8.69. The molecule has 10 rings (SSSR count). The van der Waals surface area contributed by atoms with E-state index >= 15 is 0 Å². The summed E-state index contributed by atoms with van der Waals surface area (Å²) in [7, 11) is -1.25. The second-order valence-electron chi connectivity index (χ2n) is 11.0. The van der Waals surface area contributed by atoms with Crippen LogP contribution in [0.4, 0.5) is 52.0 Å². The van der Waals surface area contributed by atoms with E-state index in [0.717, 1.165) is 52.0 Å². The van der Waals surface area contributed by atoms with Gasteiger partial charge in [-0.2, -0.15) is 0 Å². The summed E-state index contributed by atoms with van der Waals surface area (Å²) in [5.41, 5.74) is 2.96. The van der Waals surface area contributed by atoms with E-state index in [1.807, 2.05) is 54.6 Å². The number of anilines is 9. The molecule has 45 heavy (non-hydrogen) atoms. The molecule has 1 fully saturated rings. The van der Waals surface area contributed by atoms with E-state index in [0.29, 0.717) is 0 Å². The summed E-state index contributed by atoms with van der Waals surface area (Å²) < 4.78 is 6.90. The first-order valence-corrected chi connectivity index (χ1v) is 14.7. The average Bonchev–Trinajstić information content (AvgIpc) is 3.75. The molecule has 0 aliphatic carbocycles. The summed E-state index contributed by atoms with van der Waals surface area (Å²) in [6.07, 6.45) is 10.5. The number of fused-ring (bicyclic) bond motifs is 12. The van der Waals surface area contributed by atoms with Gasteiger partial charge in [-0.3, -0.25) is 0 Å². The van der Waals surface area contributed by atoms with Crippen LogP contribution in [0.3, 0.4) is 0 Å². The maximum Gasteiger partial charge on any atom is 0.493 e. The molecule has 7 heterocycles. The highest BCUT2D eigenvalue weighted by atomic mass is 15.6. The van der Waals surface area contributed by atoms with E-state index in [-0.39, 0.29) is 0 Å². The van der Waals surface area contributed by atoms with Crippen molar-refractivity contribution < 1.29 is 0 Å². The fourth-order valence-electron chi connectivity index (χ4n) is 7.05. The summed E-state index contributed by atoms with van der Waals surface area (Å²) in [6.45, 7) is 0. The van der Waals surface area contributed by atoms with Gasteiger partial charge in [0.15, 0.2) is 34.9 Å². The van der Waals surface area contributed by atoms with Crippen LogP contribution in [0.25, 0.3) is 0 Å². The van der Waals surface area contributed by atoms with E-state index in [1.165, 1.54) is 0 Å². The van der Waals surface area contributed by atoms with Crippen LogP contribution in [-0.4, -0.2) is 51.3 Å². The molecule has 4 aliphatic heterocycles. The van der Waals surface area contributed by atoms with Gasteiger partial charge in [0.05, 0.1) is 0 Å². The van der Waals surface area contributed by atoms with Gasteiger partial charge in [-0.05, 0) is 36.4 Å². The fourth-order valence-corrected chi connectivity index (χ4v) is 7.05. The number of benzene rings is 3. The molecule has 0 N–H and O–H groups in total. The van der Waals surface area contributed by atoms with Crippen molar-refractivity contribution in [3.8, 4) is 0 Å². The van der Waals surface area contributed by atoms with Crippen LogP contribution >= 0.6 is 0 Å². The molecule has 0 spiro atoms. The minimum Gasteiger partial charge on any atom is -0.365 e. The molecular weight excluding hydrogens is 561 g/mol. The van der Waals surface area contributed by atoms with Crippen molar-refractivity contribution in [1.29, 1.82) is 0 Å². The molecule has 1 saturated heterocycles. The zero-order valence-corrected chi connectivity index (χ0v) is 23.7. The Balaban J connectivity index is 1.30. The molecule has 0 amide bonds. The smallest absolute Gasteiger partial charge is 0.365 e. The normalized spacial score (nSPS) is 15.6. The second kappa shape index (κ2) is 9.20. The van der Waals surface area contributed by atoms with Crippen molar-refractivity contribution in [2.24, 2.45) is 0 Å². The van der Waals surface area contributed by atoms with Crippen LogP contribution in [-0.2, 0) is 0 Å². The number of hydrogen-bond donors (Lipinski definition) is 0. The molecule has 4 aliphatic rings. The quantitative estimate of drug-likeness (QED) is 0.279. The molecule has 0 bridgehead atoms. The third kappa shape index (κ3) is 3.23. The topological polar surface area (TPSA) is 96.8 Å². The van der Waals surface area contributed by atoms with Crippen LogP contribution in [0.15, 0.2) is 128 Å². The summed E-state index contributed by atoms with van der Waals surface area (Å²) >= 11 is 0. The van der Waals surface area contributed by atoms with Crippen LogP contribution in [0.1, 0.15) is 0 Å². The van der Waals surface area contributed by atoms with Gasteiger partial charge in [-0.1, -0.05) is 54.6 Å². The van der Waals surface area contributed by atoms with Crippen molar-refractivity contribution in [1.82, 2.24) is 29.9 Å². The minimum atomic E-state index is -0.416. The largest absolute Gasteiger partial charge is 0.493 e. The number of hydrogen-bond acceptors (Lipinski definition) is 12. The predicted octanol–water partition coefficient (Wildman–Crippen LogP) is 4.30. The van der Waals surface area contributed by atoms with Gasteiger partial charge in [0.2, 0.25) is 0 Å². The zero-order valence-electron chi connectivity index (χ0n) is 23.7. The van der Waals surface area contributed by atoms with Crippen LogP contribution in [0, 0.1) is 0 Å². The predicted molar refractivity (Wildman–Crippen MR) is 177 cm³/mol. The van der Waals surface area contributed by atoms with Crippen molar-refractivity contribution in [3.63, 3.8) is 0 Å². The van der Waals surface area contributed by atoms with Gasteiger partial charge in [-0.15, -0.1) is 0 Å². The van der Waals surface area contributed by atoms with Gasteiger partial charge in [0, 0.05) is 54.2 Å². The molecule has 15 heteroatoms. The van der Waals surface area contributed by atoms with E-state index in [1.54, 1.807) is 37.2 Å². The standard InChI is InChI=1S/C30H21B3N12/c1-4-10-22(11-5-1)40-25-28(37-19-16-34-25)43-31(40)44-29-26(35-17-20-38-29)41(23-12-6-2-7-13-23)33(44)45-30-27(36-18-21-39-30)42(32(43)45)24-14-8-3-9-15-24/h1-21H. The molecule has 6 aromatic rings. The highest BCUT2D eigenvalue weighted by Gasteiger charge is 2.71. The Kier molecular flexibility index (Phi) is 4.98. The van der Waals surface area contributed by atoms with Crippen molar-refractivity contribution in [2.75, 3.05) is 28.6 Å². The number of aromatic nitrogens is 6. The highest BCUT2D eigenvalue weighted by Crippen LogP contribution is 2.54. The molecule has 3 aromatic heterocycles. The highest BCUT2D eigenvalue weighted by molar-refractivity contribution is 7.11. The Labute approximate surface area is 259 Å². The first kappa shape index (κ1) is 24.3. The Morgan fingerprint density at radius 2 is 0.556 bits per heavy atom. The van der Waals surface area contributed by atoms with Crippen LogP contribution in [0.5, 0.6) is 0 Å². The number of nitrogens with zero attached hydrogens (tertiary/aromatic N) is 12. The Morgan fingerprint density at radius 3 is 0.822 bits per heavy atom. The first-order valence-electron chi connectivity index (χ1n) is 14.7. The monoisotopic (exact) mass is 582 g/mol. The van der Waals surface area contributed by atoms with Gasteiger partial charge in [0.1, 0.15) is 0 Å². The lowest BCUT2D eigenvalue weighted by Crippen LogP contribution is -2.84. The Morgan fingerprint density at radius 1 is 0.311 bits per heavy atom. The Bertz CT molecular complexity index is 1810. The van der Waals surface area contributed by atoms with Crippen molar-refractivity contribution in [3.05, 3.63) is 128 Å². The van der Waals surface area contributed by atoms with Crippen molar-refractivity contribution in [2.45, 2.75) is 0 Å². The lowest BCUT2D eigenvalue weighted by Gasteiger charge is -2.50. The molecule has 0 saturated carbocycles. The van der Waals surface area contributed by atoms with Gasteiger partial charge < -0.3 is 28.6 Å². The van der Waals surface area contributed by atoms with E-state index in [9.17, 15) is 0 Å². The second-order valence-corrected chi connectivity index (χ2v) is 11.0. The zero-order chi connectivity index (χ0) is 29.5. The molecule has 0 atom stereocenters. The first-order chi connectivity index (χ1) is 22.4. The average molecular weight is 582 g/mol. The molecule has 0 radical (unpaired) electrons. The maximum absolute atomic E-state index is 4.97. The molecule has 3 aromatic carbocycles. The lowest BCUT2D eigenvalue weighted by atomic mass is 9.56. The summed E-state index contributed by atoms with van der Waals surface area (Å²) in [4.78, 5) is 36.4. The van der Waals surface area contributed by atoms with E-state index < -0.39 is 21.4 Å². The van der Waals surface area contributed by atoms with Crippen LogP contribution < -0.4 is 28.6 Å². The summed E-state index contributed by atoms with van der Waals surface area (Å²) in [6, 6.07) is 31.0. The van der Waals surface area contributed by atoms with Crippen molar-refractivity contribution >= 4 is 73.3 Å². The summed E-state index contributed by atoms with van der Waals surface area (Å²) in [5, 5.41) is 0. The molecule has 210 valence electrons. The Hall–Kier alpha value is -6.11. The van der Waals surface area contributed by atoms with E-state index in [2.05, 4.69) is 65.0 Å². The van der Waals surface area contributed by atoms with Gasteiger partial charge >= 0.3 is 21.4 Å². The fraction of sp³-hybridized carbons (Fsp3) is 0. The number of para-hydroxylation sites is 3. The van der Waals surface area contributed by atoms with Crippen LogP contribution in [0.2, 0.25) is 0 Å². The van der Waals surface area contributed by atoms with Gasteiger partial charge in [-0.25, -0.2) is 29.9 Å². The summed E-state index contributed by atoms with van der Waals surface area (Å²) in [5.74, 6) is 4.50. The number of rotatable bonds is 3. The minimum absolute atomic E-state index is 0.416. The molecule has 0 unspecified atom stereocenters. The molecular formula is C30H21B3N12.